The van der Waals surface area contributed by atoms with E-state index in [9.17, 15) is 4.79 Å². The lowest BCUT2D eigenvalue weighted by Gasteiger charge is -1.85. The molecule has 0 fully saturated rings. The second-order valence-corrected chi connectivity index (χ2v) is 1.04. The minimum Gasteiger partial charge on any atom is -0.376 e. The normalized spacial score (nSPS) is 8.14. The maximum absolute atomic E-state index is 10.0. The topological polar surface area (TPSA) is 50.2 Å². The fourth-order valence-electron chi connectivity index (χ4n) is 0.184. The van der Waals surface area contributed by atoms with Crippen molar-refractivity contribution in [3.8, 4) is 0 Å². The summed E-state index contributed by atoms with van der Waals surface area (Å²) in [5, 5.41) is 6.36. The second kappa shape index (κ2) is 3.49. The number of carbonyl (C=O) groups excluding carboxylic acids is 1. The molecule has 0 aliphatic carbocycles. The van der Waals surface area contributed by atoms with Crippen molar-refractivity contribution in [2.24, 2.45) is 0 Å². The van der Waals surface area contributed by atoms with Crippen molar-refractivity contribution in [2.75, 3.05) is 13.7 Å². The quantitative estimate of drug-likeness (QED) is 0.502. The van der Waals surface area contributed by atoms with Gasteiger partial charge in [-0.05, 0) is 0 Å². The highest BCUT2D eigenvalue weighted by Crippen LogP contribution is 1.64. The molecule has 0 saturated heterocycles. The lowest BCUT2D eigenvalue weighted by atomic mass is 10.5. The third kappa shape index (κ3) is 3.12. The van der Waals surface area contributed by atoms with Gasteiger partial charge in [0, 0.05) is 7.11 Å². The van der Waals surface area contributed by atoms with Crippen LogP contribution < -0.4 is 0 Å². The summed E-state index contributed by atoms with van der Waals surface area (Å²) >= 11 is 0. The molecule has 3 nitrogen and oxygen atoms in total. The lowest BCUT2D eigenvalue weighted by Crippen LogP contribution is -2.05. The first-order valence-electron chi connectivity index (χ1n) is 1.83. The number of ketones is 1. The van der Waals surface area contributed by atoms with Gasteiger partial charge in [0.1, 0.15) is 6.61 Å². The molecule has 0 unspecified atom stereocenters. The second-order valence-electron chi connectivity index (χ2n) is 1.04. The molecule has 1 N–H and O–H groups in total. The van der Waals surface area contributed by atoms with E-state index in [0.717, 1.165) is 6.21 Å². The van der Waals surface area contributed by atoms with Crippen molar-refractivity contribution in [1.29, 1.82) is 5.41 Å². The van der Waals surface area contributed by atoms with Crippen LogP contribution in [0, 0.1) is 5.41 Å². The van der Waals surface area contributed by atoms with Crippen LogP contribution in [0.25, 0.3) is 0 Å². The van der Waals surface area contributed by atoms with E-state index in [0.29, 0.717) is 0 Å². The largest absolute Gasteiger partial charge is 0.376 e. The Morgan fingerprint density at radius 3 is 2.71 bits per heavy atom. The molecular formula is C4H7NO2. The van der Waals surface area contributed by atoms with Crippen LogP contribution in [0.4, 0.5) is 0 Å². The molecule has 0 aromatic rings. The number of nitrogens with one attached hydrogen (secondary N) is 1. The van der Waals surface area contributed by atoms with Gasteiger partial charge in [-0.3, -0.25) is 4.79 Å². The van der Waals surface area contributed by atoms with Crippen LogP contribution in [0.15, 0.2) is 0 Å². The molecule has 0 heterocycles. The zero-order valence-electron chi connectivity index (χ0n) is 4.10. The molecule has 7 heavy (non-hydrogen) atoms. The summed E-state index contributed by atoms with van der Waals surface area (Å²) in [6.45, 7) is 0.0174. The summed E-state index contributed by atoms with van der Waals surface area (Å²) in [5.74, 6) is -0.303. The van der Waals surface area contributed by atoms with Crippen molar-refractivity contribution >= 4 is 12.0 Å². The van der Waals surface area contributed by atoms with Gasteiger partial charge in [-0.15, -0.1) is 0 Å². The van der Waals surface area contributed by atoms with Crippen LogP contribution in [-0.4, -0.2) is 25.7 Å². The summed E-state index contributed by atoms with van der Waals surface area (Å²) in [7, 11) is 1.42. The molecule has 0 spiro atoms. The van der Waals surface area contributed by atoms with E-state index < -0.39 is 0 Å². The molecular weight excluding hydrogens is 94.0 g/mol. The fraction of sp³-hybridized carbons (Fsp3) is 0.500. The Bertz CT molecular complexity index is 79.8. The highest BCUT2D eigenvalue weighted by Gasteiger charge is 1.89. The smallest absolute Gasteiger partial charge is 0.198 e. The van der Waals surface area contributed by atoms with Gasteiger partial charge in [-0.2, -0.15) is 0 Å². The van der Waals surface area contributed by atoms with Crippen molar-refractivity contribution in [3.63, 3.8) is 0 Å². The number of Topliss-reactive ketones (excluding diaryl/α,β-unsaturated/α-hetero) is 1. The predicted molar refractivity (Wildman–Crippen MR) is 25.7 cm³/mol. The summed E-state index contributed by atoms with van der Waals surface area (Å²) in [6, 6.07) is 0. The van der Waals surface area contributed by atoms with E-state index in [1.807, 2.05) is 0 Å². The van der Waals surface area contributed by atoms with Crippen LogP contribution in [-0.2, 0) is 9.53 Å². The number of methoxy groups -OCH3 is 1. The minimum absolute atomic E-state index is 0.0174. The molecule has 0 aliphatic heterocycles. The summed E-state index contributed by atoms with van der Waals surface area (Å²) in [5.41, 5.74) is 0. The highest BCUT2D eigenvalue weighted by molar-refractivity contribution is 6.26. The van der Waals surface area contributed by atoms with Gasteiger partial charge in [0.2, 0.25) is 0 Å². The van der Waals surface area contributed by atoms with E-state index in [1.165, 1.54) is 7.11 Å². The standard InChI is InChI=1S/C4H7NO2/c1-7-3-4(6)2-5/h2,5H,3H2,1H3. The van der Waals surface area contributed by atoms with Crippen LogP contribution >= 0.6 is 0 Å². The first kappa shape index (κ1) is 6.30. The fourth-order valence-corrected chi connectivity index (χ4v) is 0.184. The van der Waals surface area contributed by atoms with E-state index in [4.69, 9.17) is 5.41 Å². The van der Waals surface area contributed by atoms with E-state index in [-0.39, 0.29) is 12.4 Å². The Kier molecular flexibility index (Phi) is 3.14. The number of ether oxygens (including phenoxy) is 1. The SMILES string of the molecule is COCC(=O)C=N. The zero-order chi connectivity index (χ0) is 5.70. The molecule has 0 amide bonds. The van der Waals surface area contributed by atoms with Crippen molar-refractivity contribution in [3.05, 3.63) is 0 Å². The zero-order valence-corrected chi connectivity index (χ0v) is 4.10. The monoisotopic (exact) mass is 101 g/mol. The van der Waals surface area contributed by atoms with Gasteiger partial charge in [0.25, 0.3) is 0 Å². The Hall–Kier alpha value is -0.700. The molecule has 0 rings (SSSR count). The molecule has 0 bridgehead atoms. The Labute approximate surface area is 41.8 Å². The summed E-state index contributed by atoms with van der Waals surface area (Å²) in [4.78, 5) is 10.0. The summed E-state index contributed by atoms with van der Waals surface area (Å²) < 4.78 is 4.39. The Morgan fingerprint density at radius 2 is 2.57 bits per heavy atom. The van der Waals surface area contributed by atoms with E-state index in [2.05, 4.69) is 4.74 Å². The molecule has 0 saturated carbocycles. The average molecular weight is 101 g/mol. The number of hydrogen-bond donors (Lipinski definition) is 1. The van der Waals surface area contributed by atoms with Gasteiger partial charge < -0.3 is 10.1 Å². The Morgan fingerprint density at radius 1 is 2.00 bits per heavy atom. The highest BCUT2D eigenvalue weighted by atomic mass is 16.5. The molecule has 0 aliphatic rings. The number of hydrogen-bond acceptors (Lipinski definition) is 3. The molecule has 40 valence electrons. The van der Waals surface area contributed by atoms with Gasteiger partial charge in [-0.1, -0.05) is 0 Å². The minimum atomic E-state index is -0.303. The maximum Gasteiger partial charge on any atom is 0.198 e. The maximum atomic E-state index is 10.0. The average Bonchev–Trinajstić information content (AvgIpc) is 1.68. The van der Waals surface area contributed by atoms with E-state index >= 15 is 0 Å². The predicted octanol–water partition coefficient (Wildman–Crippen LogP) is -0.149. The molecule has 0 aromatic heterocycles. The van der Waals surface area contributed by atoms with Crippen molar-refractivity contribution in [1.82, 2.24) is 0 Å². The van der Waals surface area contributed by atoms with Crippen LogP contribution in [0.5, 0.6) is 0 Å². The van der Waals surface area contributed by atoms with Crippen molar-refractivity contribution < 1.29 is 9.53 Å². The Balaban J connectivity index is 3.17. The van der Waals surface area contributed by atoms with Crippen LogP contribution in [0.2, 0.25) is 0 Å². The first-order valence-corrected chi connectivity index (χ1v) is 1.83. The van der Waals surface area contributed by atoms with Gasteiger partial charge >= 0.3 is 0 Å². The molecule has 3 heteroatoms. The molecule has 0 aromatic carbocycles. The van der Waals surface area contributed by atoms with Crippen LogP contribution in [0.1, 0.15) is 0 Å². The third-order valence-corrected chi connectivity index (χ3v) is 0.448. The first-order chi connectivity index (χ1) is 3.31. The lowest BCUT2D eigenvalue weighted by molar-refractivity contribution is -0.115. The van der Waals surface area contributed by atoms with Gasteiger partial charge in [0.15, 0.2) is 5.78 Å². The van der Waals surface area contributed by atoms with Gasteiger partial charge in [-0.25, -0.2) is 0 Å². The number of carbonyl (C=O) groups is 1. The summed E-state index contributed by atoms with van der Waals surface area (Å²) in [6.07, 6.45) is 0.740. The third-order valence-electron chi connectivity index (χ3n) is 0.448. The van der Waals surface area contributed by atoms with Crippen LogP contribution in [0.3, 0.4) is 0 Å². The molecule has 0 atom stereocenters. The van der Waals surface area contributed by atoms with Crippen molar-refractivity contribution in [2.45, 2.75) is 0 Å². The van der Waals surface area contributed by atoms with Gasteiger partial charge in [0.05, 0.1) is 6.21 Å². The van der Waals surface area contributed by atoms with E-state index in [1.54, 1.807) is 0 Å². The number of rotatable bonds is 3. The molecule has 0 radical (unpaired) electrons.